The van der Waals surface area contributed by atoms with E-state index in [9.17, 15) is 4.39 Å². The van der Waals surface area contributed by atoms with E-state index in [0.29, 0.717) is 5.92 Å². The van der Waals surface area contributed by atoms with E-state index in [1.54, 1.807) is 6.07 Å². The van der Waals surface area contributed by atoms with Crippen LogP contribution in [0, 0.1) is 11.7 Å². The fraction of sp³-hybridized carbons (Fsp3) is 0.643. The number of pyridine rings is 1. The summed E-state index contributed by atoms with van der Waals surface area (Å²) in [5.41, 5.74) is 0.916. The van der Waals surface area contributed by atoms with Gasteiger partial charge in [-0.05, 0) is 45.1 Å². The molecule has 0 saturated carbocycles. The summed E-state index contributed by atoms with van der Waals surface area (Å²) < 4.78 is 12.9. The van der Waals surface area contributed by atoms with Crippen molar-refractivity contribution >= 4 is 0 Å². The first-order valence-electron chi connectivity index (χ1n) is 6.54. The molecule has 0 spiro atoms. The van der Waals surface area contributed by atoms with Crippen LogP contribution in [0.1, 0.15) is 32.0 Å². The maximum absolute atomic E-state index is 12.9. The van der Waals surface area contributed by atoms with E-state index in [1.165, 1.54) is 12.3 Å². The molecule has 2 atom stereocenters. The predicted molar refractivity (Wildman–Crippen MR) is 72.9 cm³/mol. The molecule has 1 aromatic rings. The Bertz CT molecular complexity index is 337. The first-order chi connectivity index (χ1) is 8.54. The van der Waals surface area contributed by atoms with Crippen LogP contribution in [-0.2, 0) is 0 Å². The summed E-state index contributed by atoms with van der Waals surface area (Å²) >= 11 is 0. The highest BCUT2D eigenvalue weighted by Crippen LogP contribution is 2.20. The second kappa shape index (κ2) is 7.44. The van der Waals surface area contributed by atoms with Crippen molar-refractivity contribution in [1.29, 1.82) is 0 Å². The van der Waals surface area contributed by atoms with Gasteiger partial charge in [0, 0.05) is 6.54 Å². The molecule has 1 heterocycles. The van der Waals surface area contributed by atoms with Crippen molar-refractivity contribution in [2.24, 2.45) is 5.92 Å². The van der Waals surface area contributed by atoms with Crippen LogP contribution in [0.5, 0.6) is 0 Å². The van der Waals surface area contributed by atoms with Crippen molar-refractivity contribution in [3.63, 3.8) is 0 Å². The number of nitrogens with one attached hydrogen (secondary N) is 1. The summed E-state index contributed by atoms with van der Waals surface area (Å²) in [7, 11) is 4.12. The van der Waals surface area contributed by atoms with Crippen molar-refractivity contribution < 1.29 is 4.39 Å². The van der Waals surface area contributed by atoms with E-state index in [1.807, 2.05) is 0 Å². The molecule has 102 valence electrons. The number of hydrogen-bond acceptors (Lipinski definition) is 3. The predicted octanol–water partition coefficient (Wildman–Crippen LogP) is 2.46. The monoisotopic (exact) mass is 253 g/mol. The van der Waals surface area contributed by atoms with Gasteiger partial charge in [-0.25, -0.2) is 4.39 Å². The van der Waals surface area contributed by atoms with Gasteiger partial charge in [-0.3, -0.25) is 4.98 Å². The molecule has 1 rings (SSSR count). The fourth-order valence-corrected chi connectivity index (χ4v) is 2.15. The van der Waals surface area contributed by atoms with Gasteiger partial charge >= 0.3 is 0 Å². The Morgan fingerprint density at radius 1 is 1.39 bits per heavy atom. The minimum absolute atomic E-state index is 0.174. The highest BCUT2D eigenvalue weighted by molar-refractivity contribution is 5.11. The van der Waals surface area contributed by atoms with Crippen LogP contribution in [0.25, 0.3) is 0 Å². The molecule has 2 unspecified atom stereocenters. The highest BCUT2D eigenvalue weighted by Gasteiger charge is 2.20. The minimum Gasteiger partial charge on any atom is -0.309 e. The summed E-state index contributed by atoms with van der Waals surface area (Å²) in [5.74, 6) is 0.137. The average molecular weight is 253 g/mol. The van der Waals surface area contributed by atoms with Gasteiger partial charge in [0.1, 0.15) is 5.82 Å². The van der Waals surface area contributed by atoms with Crippen LogP contribution in [0.2, 0.25) is 0 Å². The van der Waals surface area contributed by atoms with Gasteiger partial charge < -0.3 is 10.2 Å². The molecule has 0 aliphatic rings. The molecule has 0 fully saturated rings. The van der Waals surface area contributed by atoms with Crippen molar-refractivity contribution in [3.05, 3.63) is 29.8 Å². The number of aromatic nitrogens is 1. The quantitative estimate of drug-likeness (QED) is 0.809. The Morgan fingerprint density at radius 3 is 2.61 bits per heavy atom. The number of halogens is 1. The molecule has 0 aliphatic heterocycles. The largest absolute Gasteiger partial charge is 0.309 e. The second-order valence-electron chi connectivity index (χ2n) is 5.07. The zero-order valence-corrected chi connectivity index (χ0v) is 11.8. The molecule has 0 amide bonds. The number of rotatable bonds is 7. The van der Waals surface area contributed by atoms with E-state index in [2.05, 4.69) is 43.1 Å². The standard InChI is InChI=1S/C14H24FN3/c1-5-8-16-14(11(2)10-18(3)4)13-7-6-12(15)9-17-13/h6-7,9,11,14,16H,5,8,10H2,1-4H3. The molecule has 0 radical (unpaired) electrons. The Labute approximate surface area is 109 Å². The minimum atomic E-state index is -0.284. The first-order valence-corrected chi connectivity index (χ1v) is 6.54. The van der Waals surface area contributed by atoms with Crippen LogP contribution < -0.4 is 5.32 Å². The Balaban J connectivity index is 2.79. The lowest BCUT2D eigenvalue weighted by atomic mass is 9.97. The van der Waals surface area contributed by atoms with Crippen molar-refractivity contribution in [2.75, 3.05) is 27.2 Å². The van der Waals surface area contributed by atoms with Crippen LogP contribution in [-0.4, -0.2) is 37.1 Å². The molecule has 1 N–H and O–H groups in total. The SMILES string of the molecule is CCCNC(c1ccc(F)cn1)C(C)CN(C)C. The fourth-order valence-electron chi connectivity index (χ4n) is 2.15. The molecule has 0 aromatic carbocycles. The molecular formula is C14H24FN3. The van der Waals surface area contributed by atoms with E-state index in [0.717, 1.165) is 25.2 Å². The average Bonchev–Trinajstić information content (AvgIpc) is 2.31. The zero-order chi connectivity index (χ0) is 13.5. The first kappa shape index (κ1) is 15.1. The number of hydrogen-bond donors (Lipinski definition) is 1. The highest BCUT2D eigenvalue weighted by atomic mass is 19.1. The lowest BCUT2D eigenvalue weighted by molar-refractivity contribution is 0.278. The van der Waals surface area contributed by atoms with E-state index < -0.39 is 0 Å². The summed E-state index contributed by atoms with van der Waals surface area (Å²) in [4.78, 5) is 6.37. The molecular weight excluding hydrogens is 229 g/mol. The van der Waals surface area contributed by atoms with Gasteiger partial charge in [-0.15, -0.1) is 0 Å². The topological polar surface area (TPSA) is 28.2 Å². The third-order valence-electron chi connectivity index (χ3n) is 2.91. The summed E-state index contributed by atoms with van der Waals surface area (Å²) in [6, 6.07) is 3.42. The van der Waals surface area contributed by atoms with Crippen LogP contribution in [0.4, 0.5) is 4.39 Å². The smallest absolute Gasteiger partial charge is 0.141 e. The molecule has 0 aliphatic carbocycles. The molecule has 0 saturated heterocycles. The van der Waals surface area contributed by atoms with Gasteiger partial charge in [-0.1, -0.05) is 13.8 Å². The normalized spacial score (nSPS) is 14.8. The molecule has 18 heavy (non-hydrogen) atoms. The molecule has 3 nitrogen and oxygen atoms in total. The van der Waals surface area contributed by atoms with Crippen molar-refractivity contribution in [1.82, 2.24) is 15.2 Å². The summed E-state index contributed by atoms with van der Waals surface area (Å²) in [6.07, 6.45) is 2.37. The van der Waals surface area contributed by atoms with Crippen LogP contribution >= 0.6 is 0 Å². The van der Waals surface area contributed by atoms with Gasteiger partial charge in [0.25, 0.3) is 0 Å². The Hall–Kier alpha value is -1.00. The zero-order valence-electron chi connectivity index (χ0n) is 11.8. The molecule has 0 bridgehead atoms. The third kappa shape index (κ3) is 4.70. The van der Waals surface area contributed by atoms with Gasteiger partial charge in [-0.2, -0.15) is 0 Å². The number of nitrogens with zero attached hydrogens (tertiary/aromatic N) is 2. The van der Waals surface area contributed by atoms with Crippen LogP contribution in [0.15, 0.2) is 18.3 Å². The van der Waals surface area contributed by atoms with Gasteiger partial charge in [0.2, 0.25) is 0 Å². The van der Waals surface area contributed by atoms with Crippen LogP contribution in [0.3, 0.4) is 0 Å². The van der Waals surface area contributed by atoms with E-state index in [4.69, 9.17) is 0 Å². The molecule has 4 heteroatoms. The Kier molecular flexibility index (Phi) is 6.22. The Morgan fingerprint density at radius 2 is 2.11 bits per heavy atom. The van der Waals surface area contributed by atoms with E-state index in [-0.39, 0.29) is 11.9 Å². The maximum atomic E-state index is 12.9. The molecule has 1 aromatic heterocycles. The van der Waals surface area contributed by atoms with Crippen molar-refractivity contribution in [2.45, 2.75) is 26.3 Å². The lowest BCUT2D eigenvalue weighted by Gasteiger charge is -2.27. The van der Waals surface area contributed by atoms with E-state index >= 15 is 0 Å². The third-order valence-corrected chi connectivity index (χ3v) is 2.91. The van der Waals surface area contributed by atoms with Crippen molar-refractivity contribution in [3.8, 4) is 0 Å². The van der Waals surface area contributed by atoms with Gasteiger partial charge in [0.15, 0.2) is 0 Å². The lowest BCUT2D eigenvalue weighted by Crippen LogP contribution is -2.33. The second-order valence-corrected chi connectivity index (χ2v) is 5.07. The summed E-state index contributed by atoms with van der Waals surface area (Å²) in [5, 5.41) is 3.50. The summed E-state index contributed by atoms with van der Waals surface area (Å²) in [6.45, 7) is 6.25. The van der Waals surface area contributed by atoms with Gasteiger partial charge in [0.05, 0.1) is 17.9 Å². The maximum Gasteiger partial charge on any atom is 0.141 e.